The first-order valence-electron chi connectivity index (χ1n) is 9.42. The van der Waals surface area contributed by atoms with Crippen LogP contribution < -0.4 is 0 Å². The van der Waals surface area contributed by atoms with Crippen LogP contribution >= 0.6 is 0 Å². The standard InChI is InChI=1S/C21H27N3O2/c1-4-24-9-8-19-16(6-5-7-20(19)24)12-23-13-17(21(14-23)25-3)11-18-10-15(2)22-26-18/h5-10,17,21H,4,11-14H2,1-3H3/t17-,21+/m1/s1. The Labute approximate surface area is 154 Å². The van der Waals surface area contributed by atoms with Crippen LogP contribution in [0, 0.1) is 12.8 Å². The molecule has 3 heterocycles. The van der Waals surface area contributed by atoms with E-state index in [0.29, 0.717) is 5.92 Å². The maximum absolute atomic E-state index is 5.77. The molecular formula is C21H27N3O2. The maximum atomic E-state index is 5.77. The van der Waals surface area contributed by atoms with Gasteiger partial charge >= 0.3 is 0 Å². The Bertz CT molecular complexity index is 882. The van der Waals surface area contributed by atoms with Crippen LogP contribution in [-0.4, -0.2) is 40.9 Å². The van der Waals surface area contributed by atoms with Crippen molar-refractivity contribution in [3.05, 3.63) is 53.5 Å². The third kappa shape index (κ3) is 3.29. The van der Waals surface area contributed by atoms with E-state index in [-0.39, 0.29) is 6.10 Å². The largest absolute Gasteiger partial charge is 0.380 e. The number of nitrogens with zero attached hydrogens (tertiary/aromatic N) is 3. The molecule has 26 heavy (non-hydrogen) atoms. The van der Waals surface area contributed by atoms with Gasteiger partial charge in [-0.3, -0.25) is 4.90 Å². The minimum atomic E-state index is 0.236. The molecule has 4 rings (SSSR count). The van der Waals surface area contributed by atoms with Crippen molar-refractivity contribution in [2.75, 3.05) is 20.2 Å². The van der Waals surface area contributed by atoms with Gasteiger partial charge in [-0.15, -0.1) is 0 Å². The number of fused-ring (bicyclic) bond motifs is 1. The zero-order valence-electron chi connectivity index (χ0n) is 15.8. The van der Waals surface area contributed by atoms with E-state index in [2.05, 4.69) is 52.0 Å². The molecule has 1 aliphatic heterocycles. The van der Waals surface area contributed by atoms with Crippen molar-refractivity contribution >= 4 is 10.9 Å². The minimum absolute atomic E-state index is 0.236. The number of methoxy groups -OCH3 is 1. The van der Waals surface area contributed by atoms with E-state index < -0.39 is 0 Å². The van der Waals surface area contributed by atoms with Crippen molar-refractivity contribution in [3.8, 4) is 0 Å². The molecule has 1 aromatic carbocycles. The molecule has 3 aromatic rings. The minimum Gasteiger partial charge on any atom is -0.380 e. The molecule has 0 spiro atoms. The van der Waals surface area contributed by atoms with Crippen molar-refractivity contribution < 1.29 is 9.26 Å². The van der Waals surface area contributed by atoms with Gasteiger partial charge in [0.15, 0.2) is 0 Å². The first kappa shape index (κ1) is 17.3. The normalized spacial score (nSPS) is 21.0. The lowest BCUT2D eigenvalue weighted by Crippen LogP contribution is -2.23. The molecule has 1 aliphatic rings. The van der Waals surface area contributed by atoms with E-state index in [9.17, 15) is 0 Å². The van der Waals surface area contributed by atoms with Crippen LogP contribution in [-0.2, 0) is 24.2 Å². The summed E-state index contributed by atoms with van der Waals surface area (Å²) in [5.41, 5.74) is 3.65. The van der Waals surface area contributed by atoms with Crippen molar-refractivity contribution in [2.45, 2.75) is 39.5 Å². The first-order chi connectivity index (χ1) is 12.7. The zero-order chi connectivity index (χ0) is 18.1. The number of ether oxygens (including phenoxy) is 1. The summed E-state index contributed by atoms with van der Waals surface area (Å²) in [6.07, 6.45) is 3.30. The molecule has 0 amide bonds. The molecule has 5 nitrogen and oxygen atoms in total. The number of benzene rings is 1. The fourth-order valence-electron chi connectivity index (χ4n) is 4.23. The number of rotatable bonds is 6. The van der Waals surface area contributed by atoms with Crippen LogP contribution in [0.4, 0.5) is 0 Å². The van der Waals surface area contributed by atoms with Gasteiger partial charge in [0.25, 0.3) is 0 Å². The molecule has 0 saturated carbocycles. The van der Waals surface area contributed by atoms with Crippen molar-refractivity contribution in [3.63, 3.8) is 0 Å². The van der Waals surface area contributed by atoms with Gasteiger partial charge in [0.2, 0.25) is 0 Å². The summed E-state index contributed by atoms with van der Waals surface area (Å²) >= 11 is 0. The summed E-state index contributed by atoms with van der Waals surface area (Å²) in [5.74, 6) is 1.39. The summed E-state index contributed by atoms with van der Waals surface area (Å²) in [5, 5.41) is 5.37. The lowest BCUT2D eigenvalue weighted by Gasteiger charge is -2.16. The molecule has 1 saturated heterocycles. The fourth-order valence-corrected chi connectivity index (χ4v) is 4.23. The second-order valence-electron chi connectivity index (χ2n) is 7.32. The lowest BCUT2D eigenvalue weighted by atomic mass is 10.0. The SMILES string of the molecule is CCn1ccc2c(CN3C[C@@H](Cc4cc(C)no4)[C@@H](OC)C3)cccc21. The van der Waals surface area contributed by atoms with Crippen LogP contribution in [0.5, 0.6) is 0 Å². The molecule has 1 fully saturated rings. The van der Waals surface area contributed by atoms with Gasteiger partial charge < -0.3 is 13.8 Å². The van der Waals surface area contributed by atoms with Gasteiger partial charge in [-0.05, 0) is 31.5 Å². The predicted molar refractivity (Wildman–Crippen MR) is 102 cm³/mol. The highest BCUT2D eigenvalue weighted by Crippen LogP contribution is 2.28. The highest BCUT2D eigenvalue weighted by atomic mass is 16.5. The molecule has 2 atom stereocenters. The number of likely N-dealkylation sites (tertiary alicyclic amines) is 1. The lowest BCUT2D eigenvalue weighted by molar-refractivity contribution is 0.0762. The number of aryl methyl sites for hydroxylation is 2. The Morgan fingerprint density at radius 2 is 2.15 bits per heavy atom. The summed E-state index contributed by atoms with van der Waals surface area (Å²) in [7, 11) is 1.81. The maximum Gasteiger partial charge on any atom is 0.137 e. The molecule has 0 N–H and O–H groups in total. The van der Waals surface area contributed by atoms with E-state index in [1.54, 1.807) is 0 Å². The van der Waals surface area contributed by atoms with Crippen molar-refractivity contribution in [1.82, 2.24) is 14.6 Å². The molecule has 2 aromatic heterocycles. The first-order valence-corrected chi connectivity index (χ1v) is 9.42. The smallest absolute Gasteiger partial charge is 0.137 e. The molecule has 5 heteroatoms. The summed E-state index contributed by atoms with van der Waals surface area (Å²) in [6, 6.07) is 10.9. The average Bonchev–Trinajstić information content (AvgIpc) is 3.34. The van der Waals surface area contributed by atoms with E-state index >= 15 is 0 Å². The quantitative estimate of drug-likeness (QED) is 0.678. The fraction of sp³-hybridized carbons (Fsp3) is 0.476. The topological polar surface area (TPSA) is 43.4 Å². The van der Waals surface area contributed by atoms with Crippen LogP contribution in [0.3, 0.4) is 0 Å². The van der Waals surface area contributed by atoms with Gasteiger partial charge in [0.05, 0.1) is 11.8 Å². The van der Waals surface area contributed by atoms with E-state index in [1.807, 2.05) is 20.1 Å². The van der Waals surface area contributed by atoms with Gasteiger partial charge in [-0.2, -0.15) is 0 Å². The van der Waals surface area contributed by atoms with Crippen LogP contribution in [0.15, 0.2) is 41.1 Å². The predicted octanol–water partition coefficient (Wildman–Crippen LogP) is 3.65. The van der Waals surface area contributed by atoms with Gasteiger partial charge in [0.1, 0.15) is 5.76 Å². The van der Waals surface area contributed by atoms with Crippen molar-refractivity contribution in [2.24, 2.45) is 5.92 Å². The second-order valence-corrected chi connectivity index (χ2v) is 7.32. The zero-order valence-corrected chi connectivity index (χ0v) is 15.8. The molecule has 0 aliphatic carbocycles. The van der Waals surface area contributed by atoms with E-state index in [4.69, 9.17) is 9.26 Å². The molecule has 0 unspecified atom stereocenters. The molecule has 0 bridgehead atoms. The summed E-state index contributed by atoms with van der Waals surface area (Å²) in [4.78, 5) is 2.50. The Balaban J connectivity index is 1.50. The highest BCUT2D eigenvalue weighted by molar-refractivity contribution is 5.83. The average molecular weight is 353 g/mol. The molecule has 138 valence electrons. The summed E-state index contributed by atoms with van der Waals surface area (Å²) in [6.45, 7) is 8.08. The van der Waals surface area contributed by atoms with E-state index in [0.717, 1.165) is 44.1 Å². The van der Waals surface area contributed by atoms with Gasteiger partial charge in [0, 0.05) is 68.8 Å². The summed E-state index contributed by atoms with van der Waals surface area (Å²) < 4.78 is 13.5. The third-order valence-corrected chi connectivity index (χ3v) is 5.54. The Hall–Kier alpha value is -2.11. The van der Waals surface area contributed by atoms with Crippen LogP contribution in [0.25, 0.3) is 10.9 Å². The van der Waals surface area contributed by atoms with Crippen LogP contribution in [0.2, 0.25) is 0 Å². The monoisotopic (exact) mass is 353 g/mol. The second kappa shape index (κ2) is 7.25. The number of hydrogen-bond donors (Lipinski definition) is 0. The number of aromatic nitrogens is 2. The Kier molecular flexibility index (Phi) is 4.83. The van der Waals surface area contributed by atoms with Crippen molar-refractivity contribution in [1.29, 1.82) is 0 Å². The van der Waals surface area contributed by atoms with Gasteiger partial charge in [-0.1, -0.05) is 17.3 Å². The van der Waals surface area contributed by atoms with Gasteiger partial charge in [-0.25, -0.2) is 0 Å². The Morgan fingerprint density at radius 1 is 1.27 bits per heavy atom. The van der Waals surface area contributed by atoms with E-state index in [1.165, 1.54) is 16.5 Å². The Morgan fingerprint density at radius 3 is 2.88 bits per heavy atom. The van der Waals surface area contributed by atoms with Crippen LogP contribution in [0.1, 0.15) is 23.9 Å². The molecule has 0 radical (unpaired) electrons. The number of hydrogen-bond acceptors (Lipinski definition) is 4. The highest BCUT2D eigenvalue weighted by Gasteiger charge is 2.33. The molecular weight excluding hydrogens is 326 g/mol. The third-order valence-electron chi connectivity index (χ3n) is 5.54.